The minimum atomic E-state index is -0.298. The molecule has 0 aliphatic carbocycles. The van der Waals surface area contributed by atoms with Crippen LogP contribution in [0.25, 0.3) is 0 Å². The smallest absolute Gasteiger partial charge is 0.263 e. The van der Waals surface area contributed by atoms with Crippen molar-refractivity contribution in [2.75, 3.05) is 5.32 Å². The van der Waals surface area contributed by atoms with E-state index in [1.54, 1.807) is 19.1 Å². The molecule has 134 valence electrons. The number of aromatic nitrogens is 1. The van der Waals surface area contributed by atoms with Gasteiger partial charge in [0.05, 0.1) is 11.7 Å². The Morgan fingerprint density at radius 2 is 1.81 bits per heavy atom. The van der Waals surface area contributed by atoms with Crippen LogP contribution in [0.15, 0.2) is 53.0 Å². The summed E-state index contributed by atoms with van der Waals surface area (Å²) in [6.45, 7) is 3.74. The van der Waals surface area contributed by atoms with E-state index in [0.29, 0.717) is 15.7 Å². The van der Waals surface area contributed by atoms with Gasteiger partial charge in [-0.15, -0.1) is 0 Å². The molecule has 26 heavy (non-hydrogen) atoms. The van der Waals surface area contributed by atoms with Crippen LogP contribution in [0.1, 0.15) is 33.9 Å². The number of rotatable bonds is 5. The van der Waals surface area contributed by atoms with Gasteiger partial charge < -0.3 is 10.6 Å². The average molecular weight is 434 g/mol. The van der Waals surface area contributed by atoms with Gasteiger partial charge in [-0.2, -0.15) is 0 Å². The van der Waals surface area contributed by atoms with Crippen molar-refractivity contribution in [1.82, 2.24) is 10.3 Å². The SMILES string of the molecule is Cc1nc(Nc2ccc(F)cc2)sc1C(=O)N[C@@H](C)c1ccc(Br)cc1. The number of carbonyl (C=O) groups excluding carboxylic acids is 1. The van der Waals surface area contributed by atoms with Crippen molar-refractivity contribution in [3.05, 3.63) is 75.0 Å². The summed E-state index contributed by atoms with van der Waals surface area (Å²) in [7, 11) is 0. The van der Waals surface area contributed by atoms with Gasteiger partial charge in [-0.1, -0.05) is 39.4 Å². The van der Waals surface area contributed by atoms with E-state index in [9.17, 15) is 9.18 Å². The Morgan fingerprint density at radius 1 is 1.15 bits per heavy atom. The van der Waals surface area contributed by atoms with E-state index in [1.165, 1.54) is 23.5 Å². The van der Waals surface area contributed by atoms with Crippen molar-refractivity contribution in [2.24, 2.45) is 0 Å². The minimum Gasteiger partial charge on any atom is -0.345 e. The number of anilines is 2. The van der Waals surface area contributed by atoms with Gasteiger partial charge in [0.1, 0.15) is 10.7 Å². The molecule has 3 aromatic rings. The summed E-state index contributed by atoms with van der Waals surface area (Å²) in [4.78, 5) is 17.5. The maximum atomic E-state index is 13.0. The highest BCUT2D eigenvalue weighted by Crippen LogP contribution is 2.26. The fraction of sp³-hybridized carbons (Fsp3) is 0.158. The van der Waals surface area contributed by atoms with E-state index in [-0.39, 0.29) is 17.8 Å². The van der Waals surface area contributed by atoms with Gasteiger partial charge in [0.25, 0.3) is 5.91 Å². The third-order valence-electron chi connectivity index (χ3n) is 3.82. The molecule has 7 heteroatoms. The number of amides is 1. The van der Waals surface area contributed by atoms with Crippen LogP contribution in [0.2, 0.25) is 0 Å². The number of nitrogens with one attached hydrogen (secondary N) is 2. The molecule has 1 aromatic heterocycles. The van der Waals surface area contributed by atoms with E-state index in [0.717, 1.165) is 15.7 Å². The Bertz CT molecular complexity index is 910. The van der Waals surface area contributed by atoms with Crippen LogP contribution in [0, 0.1) is 12.7 Å². The highest BCUT2D eigenvalue weighted by atomic mass is 79.9. The van der Waals surface area contributed by atoms with Crippen LogP contribution in [0.5, 0.6) is 0 Å². The molecule has 0 bridgehead atoms. The number of aryl methyl sites for hydroxylation is 1. The van der Waals surface area contributed by atoms with Crippen LogP contribution in [0.3, 0.4) is 0 Å². The standard InChI is InChI=1S/C19H17BrFN3OS/c1-11(13-3-5-14(20)6-4-13)22-18(25)17-12(2)23-19(26-17)24-16-9-7-15(21)8-10-16/h3-11H,1-2H3,(H,22,25)(H,23,24)/t11-/m0/s1. The first-order chi connectivity index (χ1) is 12.4. The average Bonchev–Trinajstić information content (AvgIpc) is 2.98. The highest BCUT2D eigenvalue weighted by molar-refractivity contribution is 9.10. The summed E-state index contributed by atoms with van der Waals surface area (Å²) < 4.78 is 14.0. The molecule has 0 aliphatic rings. The number of nitrogens with zero attached hydrogens (tertiary/aromatic N) is 1. The van der Waals surface area contributed by atoms with Crippen molar-refractivity contribution < 1.29 is 9.18 Å². The van der Waals surface area contributed by atoms with Crippen molar-refractivity contribution in [3.8, 4) is 0 Å². The van der Waals surface area contributed by atoms with E-state index in [2.05, 4.69) is 31.5 Å². The van der Waals surface area contributed by atoms with E-state index in [1.807, 2.05) is 31.2 Å². The second-order valence-corrected chi connectivity index (χ2v) is 7.73. The molecule has 1 heterocycles. The molecule has 0 saturated heterocycles. The van der Waals surface area contributed by atoms with Gasteiger partial charge in [-0.3, -0.25) is 4.79 Å². The molecule has 4 nitrogen and oxygen atoms in total. The van der Waals surface area contributed by atoms with E-state index < -0.39 is 0 Å². The summed E-state index contributed by atoms with van der Waals surface area (Å²) in [5.74, 6) is -0.463. The Labute approximate surface area is 163 Å². The lowest BCUT2D eigenvalue weighted by Gasteiger charge is -2.14. The van der Waals surface area contributed by atoms with Gasteiger partial charge in [0, 0.05) is 10.2 Å². The first-order valence-electron chi connectivity index (χ1n) is 7.98. The zero-order valence-corrected chi connectivity index (χ0v) is 16.6. The molecule has 3 rings (SSSR count). The Hall–Kier alpha value is -2.25. The third-order valence-corrected chi connectivity index (χ3v) is 5.42. The van der Waals surface area contributed by atoms with E-state index >= 15 is 0 Å². The van der Waals surface area contributed by atoms with Crippen LogP contribution in [-0.4, -0.2) is 10.9 Å². The lowest BCUT2D eigenvalue weighted by Crippen LogP contribution is -2.26. The quantitative estimate of drug-likeness (QED) is 0.551. The summed E-state index contributed by atoms with van der Waals surface area (Å²) in [5, 5.41) is 6.68. The number of hydrogen-bond donors (Lipinski definition) is 2. The van der Waals surface area contributed by atoms with Crippen LogP contribution >= 0.6 is 27.3 Å². The van der Waals surface area contributed by atoms with Gasteiger partial charge >= 0.3 is 0 Å². The maximum Gasteiger partial charge on any atom is 0.263 e. The normalized spacial score (nSPS) is 11.8. The fourth-order valence-electron chi connectivity index (χ4n) is 2.41. The van der Waals surface area contributed by atoms with Gasteiger partial charge in [-0.05, 0) is 55.8 Å². The molecule has 0 fully saturated rings. The predicted molar refractivity (Wildman–Crippen MR) is 107 cm³/mol. The minimum absolute atomic E-state index is 0.120. The van der Waals surface area contributed by atoms with Crippen molar-refractivity contribution in [2.45, 2.75) is 19.9 Å². The number of halogens is 2. The van der Waals surface area contributed by atoms with Gasteiger partial charge in [0.2, 0.25) is 0 Å². The molecule has 2 N–H and O–H groups in total. The van der Waals surface area contributed by atoms with Gasteiger partial charge in [0.15, 0.2) is 5.13 Å². The van der Waals surface area contributed by atoms with Crippen molar-refractivity contribution in [3.63, 3.8) is 0 Å². The highest BCUT2D eigenvalue weighted by Gasteiger charge is 2.18. The lowest BCUT2D eigenvalue weighted by molar-refractivity contribution is 0.0943. The topological polar surface area (TPSA) is 54.0 Å². The van der Waals surface area contributed by atoms with E-state index in [4.69, 9.17) is 0 Å². The molecule has 1 atom stereocenters. The van der Waals surface area contributed by atoms with Crippen molar-refractivity contribution in [1.29, 1.82) is 0 Å². The molecule has 0 unspecified atom stereocenters. The first-order valence-corrected chi connectivity index (χ1v) is 9.59. The van der Waals surface area contributed by atoms with Crippen LogP contribution in [0.4, 0.5) is 15.2 Å². The molecule has 1 amide bonds. The Kier molecular flexibility index (Phi) is 5.68. The predicted octanol–water partition coefficient (Wildman–Crippen LogP) is 5.59. The summed E-state index contributed by atoms with van der Waals surface area (Å²) in [6, 6.07) is 13.7. The second-order valence-electron chi connectivity index (χ2n) is 5.81. The molecule has 0 aliphatic heterocycles. The Balaban J connectivity index is 1.70. The number of benzene rings is 2. The molecule has 0 spiro atoms. The summed E-state index contributed by atoms with van der Waals surface area (Å²) in [6.07, 6.45) is 0. The Morgan fingerprint density at radius 3 is 2.46 bits per heavy atom. The van der Waals surface area contributed by atoms with Crippen LogP contribution in [-0.2, 0) is 0 Å². The molecular formula is C19H17BrFN3OS. The van der Waals surface area contributed by atoms with Crippen molar-refractivity contribution >= 4 is 44.0 Å². The lowest BCUT2D eigenvalue weighted by atomic mass is 10.1. The molecule has 0 saturated carbocycles. The van der Waals surface area contributed by atoms with Gasteiger partial charge in [-0.25, -0.2) is 9.37 Å². The number of carbonyl (C=O) groups is 1. The molecular weight excluding hydrogens is 417 g/mol. The first kappa shape index (κ1) is 18.5. The third kappa shape index (κ3) is 4.47. The second kappa shape index (κ2) is 7.97. The fourth-order valence-corrected chi connectivity index (χ4v) is 3.57. The van der Waals surface area contributed by atoms with Crippen LogP contribution < -0.4 is 10.6 Å². The number of thiazole rings is 1. The zero-order chi connectivity index (χ0) is 18.7. The summed E-state index contributed by atoms with van der Waals surface area (Å²) >= 11 is 4.67. The maximum absolute atomic E-state index is 13.0. The largest absolute Gasteiger partial charge is 0.345 e. The monoisotopic (exact) mass is 433 g/mol. The molecule has 0 radical (unpaired) electrons. The number of hydrogen-bond acceptors (Lipinski definition) is 4. The molecule has 2 aromatic carbocycles. The summed E-state index contributed by atoms with van der Waals surface area (Å²) in [5.41, 5.74) is 2.39. The zero-order valence-electron chi connectivity index (χ0n) is 14.2.